The molecule has 1 N–H and O–H groups in total. The first-order valence-electron chi connectivity index (χ1n) is 9.50. The summed E-state index contributed by atoms with van der Waals surface area (Å²) >= 11 is 0. The molecule has 2 aromatic heterocycles. The predicted octanol–water partition coefficient (Wildman–Crippen LogP) is 3.38. The van der Waals surface area contributed by atoms with Gasteiger partial charge in [-0.2, -0.15) is 0 Å². The van der Waals surface area contributed by atoms with E-state index in [9.17, 15) is 0 Å². The van der Waals surface area contributed by atoms with Gasteiger partial charge < -0.3 is 5.32 Å². The zero-order valence-electron chi connectivity index (χ0n) is 15.3. The van der Waals surface area contributed by atoms with Gasteiger partial charge in [-0.3, -0.25) is 14.9 Å². The Balaban J connectivity index is 1.58. The molecule has 2 atom stereocenters. The van der Waals surface area contributed by atoms with Gasteiger partial charge in [0.25, 0.3) is 0 Å². The Bertz CT molecular complexity index is 670. The second kappa shape index (κ2) is 7.22. The van der Waals surface area contributed by atoms with Crippen molar-refractivity contribution in [2.45, 2.75) is 70.7 Å². The molecule has 2 aliphatic rings. The summed E-state index contributed by atoms with van der Waals surface area (Å²) in [7, 11) is 0. The summed E-state index contributed by atoms with van der Waals surface area (Å²) in [5.41, 5.74) is 4.95. The molecule has 25 heavy (non-hydrogen) atoms. The number of piperidine rings is 1. The van der Waals surface area contributed by atoms with Gasteiger partial charge in [0, 0.05) is 43.6 Å². The van der Waals surface area contributed by atoms with E-state index in [2.05, 4.69) is 46.2 Å². The Morgan fingerprint density at radius 1 is 0.920 bits per heavy atom. The second-order valence-electron chi connectivity index (χ2n) is 7.70. The third-order valence-electron chi connectivity index (χ3n) is 5.91. The molecule has 2 aliphatic heterocycles. The van der Waals surface area contributed by atoms with Gasteiger partial charge in [0.2, 0.25) is 0 Å². The Morgan fingerprint density at radius 3 is 1.92 bits per heavy atom. The first kappa shape index (κ1) is 16.7. The molecule has 0 saturated carbocycles. The zero-order chi connectivity index (χ0) is 17.2. The molecule has 4 heteroatoms. The third-order valence-corrected chi connectivity index (χ3v) is 5.91. The molecular weight excluding hydrogens is 308 g/mol. The van der Waals surface area contributed by atoms with Gasteiger partial charge in [0.1, 0.15) is 0 Å². The summed E-state index contributed by atoms with van der Waals surface area (Å²) < 4.78 is 0. The SMILES string of the molecule is Cc1cccnc1CN(Cc1ncccc1C)C1CC2CCC(C1)N2. The van der Waals surface area contributed by atoms with E-state index in [0.717, 1.165) is 13.1 Å². The number of hydrogen-bond donors (Lipinski definition) is 1. The van der Waals surface area contributed by atoms with E-state index >= 15 is 0 Å². The third kappa shape index (κ3) is 3.75. The van der Waals surface area contributed by atoms with E-state index in [4.69, 9.17) is 0 Å². The molecule has 0 amide bonds. The van der Waals surface area contributed by atoms with Gasteiger partial charge in [-0.15, -0.1) is 0 Å². The smallest absolute Gasteiger partial charge is 0.0573 e. The average Bonchev–Trinajstić information content (AvgIpc) is 2.96. The summed E-state index contributed by atoms with van der Waals surface area (Å²) in [6.07, 6.45) is 8.99. The van der Waals surface area contributed by atoms with Crippen molar-refractivity contribution in [1.29, 1.82) is 0 Å². The second-order valence-corrected chi connectivity index (χ2v) is 7.70. The summed E-state index contributed by atoms with van der Waals surface area (Å²) in [4.78, 5) is 11.9. The molecule has 0 spiro atoms. The van der Waals surface area contributed by atoms with E-state index in [0.29, 0.717) is 18.1 Å². The van der Waals surface area contributed by atoms with Gasteiger partial charge in [-0.05, 0) is 62.8 Å². The van der Waals surface area contributed by atoms with Crippen molar-refractivity contribution >= 4 is 0 Å². The van der Waals surface area contributed by atoms with Crippen LogP contribution >= 0.6 is 0 Å². The molecule has 0 aromatic carbocycles. The number of nitrogens with one attached hydrogen (secondary N) is 1. The van der Waals surface area contributed by atoms with Crippen molar-refractivity contribution in [3.8, 4) is 0 Å². The van der Waals surface area contributed by atoms with Gasteiger partial charge in [0.15, 0.2) is 0 Å². The van der Waals surface area contributed by atoms with Crippen LogP contribution in [0.3, 0.4) is 0 Å². The number of rotatable bonds is 5. The lowest BCUT2D eigenvalue weighted by Crippen LogP contribution is -2.48. The van der Waals surface area contributed by atoms with Crippen LogP contribution in [0.25, 0.3) is 0 Å². The molecule has 2 saturated heterocycles. The number of aromatic nitrogens is 2. The van der Waals surface area contributed by atoms with Crippen LogP contribution in [0.4, 0.5) is 0 Å². The summed E-state index contributed by atoms with van der Waals surface area (Å²) in [5, 5.41) is 3.77. The van der Waals surface area contributed by atoms with Crippen LogP contribution < -0.4 is 5.32 Å². The van der Waals surface area contributed by atoms with Crippen LogP contribution in [0, 0.1) is 13.8 Å². The molecule has 132 valence electrons. The normalized spacial score (nSPS) is 25.5. The Labute approximate surface area is 150 Å². The fourth-order valence-electron chi connectivity index (χ4n) is 4.39. The van der Waals surface area contributed by atoms with E-state index in [1.165, 1.54) is 48.2 Å². The molecule has 4 nitrogen and oxygen atoms in total. The minimum absolute atomic E-state index is 0.613. The van der Waals surface area contributed by atoms with Crippen LogP contribution in [0.15, 0.2) is 36.7 Å². The first-order valence-corrected chi connectivity index (χ1v) is 9.50. The van der Waals surface area contributed by atoms with Crippen molar-refractivity contribution in [3.05, 3.63) is 59.2 Å². The molecular formula is C21H28N4. The molecule has 2 bridgehead atoms. The summed E-state index contributed by atoms with van der Waals surface area (Å²) in [6, 6.07) is 10.4. The maximum Gasteiger partial charge on any atom is 0.0573 e. The monoisotopic (exact) mass is 336 g/mol. The minimum Gasteiger partial charge on any atom is -0.311 e. The van der Waals surface area contributed by atoms with Gasteiger partial charge in [-0.25, -0.2) is 0 Å². The Kier molecular flexibility index (Phi) is 4.82. The lowest BCUT2D eigenvalue weighted by atomic mass is 9.97. The van der Waals surface area contributed by atoms with E-state index in [-0.39, 0.29) is 0 Å². The van der Waals surface area contributed by atoms with E-state index < -0.39 is 0 Å². The highest BCUT2D eigenvalue weighted by Crippen LogP contribution is 2.31. The van der Waals surface area contributed by atoms with Gasteiger partial charge >= 0.3 is 0 Å². The van der Waals surface area contributed by atoms with Crippen LogP contribution in [-0.2, 0) is 13.1 Å². The van der Waals surface area contributed by atoms with Crippen LogP contribution in [0.1, 0.15) is 48.2 Å². The average molecular weight is 336 g/mol. The van der Waals surface area contributed by atoms with Gasteiger partial charge in [-0.1, -0.05) is 12.1 Å². The molecule has 2 aromatic rings. The molecule has 0 radical (unpaired) electrons. The number of pyridine rings is 2. The Hall–Kier alpha value is -1.78. The quantitative estimate of drug-likeness (QED) is 0.909. The van der Waals surface area contributed by atoms with Crippen LogP contribution in [0.2, 0.25) is 0 Å². The number of hydrogen-bond acceptors (Lipinski definition) is 4. The van der Waals surface area contributed by atoms with E-state index in [1.54, 1.807) is 0 Å². The highest BCUT2D eigenvalue weighted by molar-refractivity contribution is 5.20. The minimum atomic E-state index is 0.613. The number of fused-ring (bicyclic) bond motifs is 2. The fraction of sp³-hybridized carbons (Fsp3) is 0.524. The summed E-state index contributed by atoms with van der Waals surface area (Å²) in [6.45, 7) is 6.15. The molecule has 4 heterocycles. The number of aryl methyl sites for hydroxylation is 2. The maximum atomic E-state index is 4.65. The topological polar surface area (TPSA) is 41.1 Å². The van der Waals surface area contributed by atoms with Crippen LogP contribution in [0.5, 0.6) is 0 Å². The summed E-state index contributed by atoms with van der Waals surface area (Å²) in [5.74, 6) is 0. The van der Waals surface area contributed by atoms with E-state index in [1.807, 2.05) is 24.5 Å². The standard InChI is InChI=1S/C21H28N4/c1-15-5-3-9-22-20(15)13-25(14-21-16(2)6-4-10-23-21)19-11-17-7-8-18(12-19)24-17/h3-6,9-10,17-19,24H,7-8,11-14H2,1-2H3. The highest BCUT2D eigenvalue weighted by atomic mass is 15.2. The maximum absolute atomic E-state index is 4.65. The van der Waals surface area contributed by atoms with Crippen molar-refractivity contribution in [3.63, 3.8) is 0 Å². The van der Waals surface area contributed by atoms with Crippen LogP contribution in [-0.4, -0.2) is 33.0 Å². The number of nitrogens with zero attached hydrogens (tertiary/aromatic N) is 3. The first-order chi connectivity index (χ1) is 12.2. The van der Waals surface area contributed by atoms with Crippen molar-refractivity contribution in [1.82, 2.24) is 20.2 Å². The predicted molar refractivity (Wildman–Crippen MR) is 100 cm³/mol. The molecule has 4 rings (SSSR count). The lowest BCUT2D eigenvalue weighted by molar-refractivity contribution is 0.123. The molecule has 0 aliphatic carbocycles. The van der Waals surface area contributed by atoms with Crippen molar-refractivity contribution in [2.24, 2.45) is 0 Å². The highest BCUT2D eigenvalue weighted by Gasteiger charge is 2.36. The largest absolute Gasteiger partial charge is 0.311 e. The lowest BCUT2D eigenvalue weighted by Gasteiger charge is -2.38. The van der Waals surface area contributed by atoms with Crippen molar-refractivity contribution < 1.29 is 0 Å². The van der Waals surface area contributed by atoms with Crippen molar-refractivity contribution in [2.75, 3.05) is 0 Å². The fourth-order valence-corrected chi connectivity index (χ4v) is 4.39. The molecule has 2 fully saturated rings. The Morgan fingerprint density at radius 2 is 1.44 bits per heavy atom. The molecule has 2 unspecified atom stereocenters. The zero-order valence-corrected chi connectivity index (χ0v) is 15.3. The van der Waals surface area contributed by atoms with Gasteiger partial charge in [0.05, 0.1) is 11.4 Å².